The van der Waals surface area contributed by atoms with E-state index >= 15 is 0 Å². The maximum atomic E-state index is 12.1. The van der Waals surface area contributed by atoms with Crippen LogP contribution in [0.5, 0.6) is 0 Å². The zero-order valence-electron chi connectivity index (χ0n) is 9.82. The number of aliphatic hydroxyl groups excluding tert-OH is 1. The number of nitrogens with one attached hydrogen (secondary N) is 1. The van der Waals surface area contributed by atoms with Gasteiger partial charge in [-0.3, -0.25) is 4.79 Å². The molecule has 0 unspecified atom stereocenters. The van der Waals surface area contributed by atoms with Gasteiger partial charge in [0.2, 0.25) is 5.91 Å². The van der Waals surface area contributed by atoms with E-state index in [2.05, 4.69) is 5.32 Å². The topological polar surface area (TPSA) is 52.6 Å². The van der Waals surface area contributed by atoms with Crippen molar-refractivity contribution in [1.82, 2.24) is 10.2 Å². The highest BCUT2D eigenvalue weighted by molar-refractivity contribution is 5.77. The lowest BCUT2D eigenvalue weighted by atomic mass is 9.98. The summed E-state index contributed by atoms with van der Waals surface area (Å²) in [6.45, 7) is 2.56. The van der Waals surface area contributed by atoms with Crippen molar-refractivity contribution < 1.29 is 9.90 Å². The van der Waals surface area contributed by atoms with Gasteiger partial charge in [0.05, 0.1) is 6.61 Å². The number of carbonyl (C=O) groups excluding carboxylic acids is 1. The van der Waals surface area contributed by atoms with E-state index in [1.165, 1.54) is 12.8 Å². The zero-order valence-corrected chi connectivity index (χ0v) is 9.82. The second-order valence-electron chi connectivity index (χ2n) is 4.98. The Balaban J connectivity index is 1.85. The number of hydrogen-bond acceptors (Lipinski definition) is 3. The second kappa shape index (κ2) is 5.64. The average molecular weight is 226 g/mol. The van der Waals surface area contributed by atoms with Gasteiger partial charge in [0, 0.05) is 19.0 Å². The van der Waals surface area contributed by atoms with Crippen LogP contribution in [0.4, 0.5) is 0 Å². The first-order valence-corrected chi connectivity index (χ1v) is 6.42. The lowest BCUT2D eigenvalue weighted by Gasteiger charge is -2.32. The third-order valence-corrected chi connectivity index (χ3v) is 3.76. The molecule has 0 aromatic carbocycles. The van der Waals surface area contributed by atoms with E-state index < -0.39 is 0 Å². The first-order valence-electron chi connectivity index (χ1n) is 6.42. The van der Waals surface area contributed by atoms with Crippen molar-refractivity contribution in [1.29, 1.82) is 0 Å². The van der Waals surface area contributed by atoms with E-state index in [0.29, 0.717) is 24.9 Å². The van der Waals surface area contributed by atoms with Crippen molar-refractivity contribution in [3.8, 4) is 0 Å². The monoisotopic (exact) mass is 226 g/mol. The summed E-state index contributed by atoms with van der Waals surface area (Å²) in [5.41, 5.74) is 0. The van der Waals surface area contributed by atoms with Gasteiger partial charge in [-0.25, -0.2) is 0 Å². The standard InChI is InChI=1S/C12H22N2O2/c15-6-5-14(11-3-1-2-4-11)12(16)7-10-8-13-9-10/h10-11,13,15H,1-9H2. The van der Waals surface area contributed by atoms with Crippen molar-refractivity contribution in [2.75, 3.05) is 26.2 Å². The molecule has 0 spiro atoms. The van der Waals surface area contributed by atoms with Gasteiger partial charge in [-0.1, -0.05) is 12.8 Å². The maximum absolute atomic E-state index is 12.1. The molecule has 0 atom stereocenters. The summed E-state index contributed by atoms with van der Waals surface area (Å²) in [6, 6.07) is 0.396. The van der Waals surface area contributed by atoms with Crippen molar-refractivity contribution >= 4 is 5.91 Å². The van der Waals surface area contributed by atoms with Gasteiger partial charge in [0.15, 0.2) is 0 Å². The Morgan fingerprint density at radius 2 is 2.00 bits per heavy atom. The van der Waals surface area contributed by atoms with Crippen LogP contribution in [0.15, 0.2) is 0 Å². The number of nitrogens with zero attached hydrogens (tertiary/aromatic N) is 1. The average Bonchev–Trinajstić information content (AvgIpc) is 2.72. The quantitative estimate of drug-likeness (QED) is 0.711. The molecule has 1 saturated carbocycles. The molecule has 4 heteroatoms. The Bertz CT molecular complexity index is 235. The molecule has 4 nitrogen and oxygen atoms in total. The molecule has 16 heavy (non-hydrogen) atoms. The van der Waals surface area contributed by atoms with Crippen LogP contribution >= 0.6 is 0 Å². The molecule has 1 amide bonds. The number of carbonyl (C=O) groups is 1. The van der Waals surface area contributed by atoms with Crippen molar-refractivity contribution in [2.24, 2.45) is 5.92 Å². The molecule has 1 saturated heterocycles. The summed E-state index contributed by atoms with van der Waals surface area (Å²) in [6.07, 6.45) is 5.35. The predicted molar refractivity (Wildman–Crippen MR) is 62.0 cm³/mol. The van der Waals surface area contributed by atoms with Crippen molar-refractivity contribution in [3.05, 3.63) is 0 Å². The van der Waals surface area contributed by atoms with Crippen molar-refractivity contribution in [3.63, 3.8) is 0 Å². The van der Waals surface area contributed by atoms with E-state index in [-0.39, 0.29) is 12.5 Å². The molecule has 0 aromatic rings. The number of hydrogen-bond donors (Lipinski definition) is 2. The van der Waals surface area contributed by atoms with Crippen LogP contribution in [0.25, 0.3) is 0 Å². The Morgan fingerprint density at radius 3 is 2.50 bits per heavy atom. The molecule has 0 bridgehead atoms. The van der Waals surface area contributed by atoms with Gasteiger partial charge < -0.3 is 15.3 Å². The molecular formula is C12H22N2O2. The lowest BCUT2D eigenvalue weighted by Crippen LogP contribution is -2.47. The number of aliphatic hydroxyl groups is 1. The molecular weight excluding hydrogens is 204 g/mol. The lowest BCUT2D eigenvalue weighted by molar-refractivity contribution is -0.135. The Kier molecular flexibility index (Phi) is 4.18. The van der Waals surface area contributed by atoms with Crippen LogP contribution in [0, 0.1) is 5.92 Å². The van der Waals surface area contributed by atoms with Crippen LogP contribution in [0.3, 0.4) is 0 Å². The summed E-state index contributed by atoms with van der Waals surface area (Å²) in [4.78, 5) is 14.0. The molecule has 2 rings (SSSR count). The first-order chi connectivity index (χ1) is 7.81. The van der Waals surface area contributed by atoms with Gasteiger partial charge in [-0.2, -0.15) is 0 Å². The summed E-state index contributed by atoms with van der Waals surface area (Å²) < 4.78 is 0. The van der Waals surface area contributed by atoms with Gasteiger partial charge >= 0.3 is 0 Å². The van der Waals surface area contributed by atoms with Gasteiger partial charge in [0.1, 0.15) is 0 Å². The normalized spacial score (nSPS) is 22.1. The fourth-order valence-electron chi connectivity index (χ4n) is 2.69. The maximum Gasteiger partial charge on any atom is 0.223 e. The Morgan fingerprint density at radius 1 is 1.31 bits per heavy atom. The minimum atomic E-state index is 0.0884. The van der Waals surface area contributed by atoms with Crippen LogP contribution in [0.1, 0.15) is 32.1 Å². The number of amides is 1. The molecule has 2 N–H and O–H groups in total. The largest absolute Gasteiger partial charge is 0.395 e. The third kappa shape index (κ3) is 2.74. The smallest absolute Gasteiger partial charge is 0.223 e. The van der Waals surface area contributed by atoms with E-state index in [4.69, 9.17) is 5.11 Å². The van der Waals surface area contributed by atoms with E-state index in [0.717, 1.165) is 25.9 Å². The predicted octanol–water partition coefficient (Wildman–Crippen LogP) is 0.359. The highest BCUT2D eigenvalue weighted by atomic mass is 16.3. The van der Waals surface area contributed by atoms with E-state index in [1.807, 2.05) is 4.90 Å². The third-order valence-electron chi connectivity index (χ3n) is 3.76. The summed E-state index contributed by atoms with van der Waals surface area (Å²) >= 11 is 0. The summed E-state index contributed by atoms with van der Waals surface area (Å²) in [5.74, 6) is 0.766. The van der Waals surface area contributed by atoms with E-state index in [9.17, 15) is 4.79 Å². The van der Waals surface area contributed by atoms with Crippen LogP contribution in [0.2, 0.25) is 0 Å². The van der Waals surface area contributed by atoms with Crippen LogP contribution < -0.4 is 5.32 Å². The highest BCUT2D eigenvalue weighted by Crippen LogP contribution is 2.24. The molecule has 1 heterocycles. The summed E-state index contributed by atoms with van der Waals surface area (Å²) in [7, 11) is 0. The fourth-order valence-corrected chi connectivity index (χ4v) is 2.69. The van der Waals surface area contributed by atoms with Crippen LogP contribution in [-0.2, 0) is 4.79 Å². The van der Waals surface area contributed by atoms with Crippen molar-refractivity contribution in [2.45, 2.75) is 38.1 Å². The van der Waals surface area contributed by atoms with Gasteiger partial charge in [0.25, 0.3) is 0 Å². The highest BCUT2D eigenvalue weighted by Gasteiger charge is 2.29. The molecule has 2 fully saturated rings. The molecule has 1 aliphatic carbocycles. The minimum absolute atomic E-state index is 0.0884. The SMILES string of the molecule is O=C(CC1CNC1)N(CCO)C1CCCC1. The Hall–Kier alpha value is -0.610. The van der Waals surface area contributed by atoms with Gasteiger partial charge in [-0.05, 0) is 31.8 Å². The molecule has 1 aliphatic heterocycles. The minimum Gasteiger partial charge on any atom is -0.395 e. The molecule has 2 aliphatic rings. The fraction of sp³-hybridized carbons (Fsp3) is 0.917. The van der Waals surface area contributed by atoms with E-state index in [1.54, 1.807) is 0 Å². The van der Waals surface area contributed by atoms with Crippen LogP contribution in [-0.4, -0.2) is 48.2 Å². The first kappa shape index (κ1) is 11.9. The van der Waals surface area contributed by atoms with Gasteiger partial charge in [-0.15, -0.1) is 0 Å². The Labute approximate surface area is 97.0 Å². The zero-order chi connectivity index (χ0) is 11.4. The second-order valence-corrected chi connectivity index (χ2v) is 4.98. The number of rotatable bonds is 5. The molecule has 92 valence electrons. The molecule has 0 aromatic heterocycles. The summed E-state index contributed by atoms with van der Waals surface area (Å²) in [5, 5.41) is 12.2. The molecule has 0 radical (unpaired) electrons.